The van der Waals surface area contributed by atoms with Gasteiger partial charge in [-0.2, -0.15) is 0 Å². The molecule has 1 rings (SSSR count). The number of nitrogens with zero attached hydrogens (tertiary/aromatic N) is 2. The Labute approximate surface area is 99.8 Å². The number of carbonyl (C=O) groups is 3. The van der Waals surface area contributed by atoms with Crippen molar-refractivity contribution in [3.63, 3.8) is 0 Å². The van der Waals surface area contributed by atoms with Crippen molar-refractivity contribution >= 4 is 17.3 Å². The van der Waals surface area contributed by atoms with Gasteiger partial charge in [0.2, 0.25) is 5.78 Å². The number of aryl methyl sites for hydroxylation is 1. The summed E-state index contributed by atoms with van der Waals surface area (Å²) in [6.45, 7) is 3.29. The average Bonchev–Trinajstić information content (AvgIpc) is 2.75. The van der Waals surface area contributed by atoms with Crippen LogP contribution in [0.1, 0.15) is 37.2 Å². The van der Waals surface area contributed by atoms with Crippen LogP contribution >= 0.6 is 0 Å². The van der Waals surface area contributed by atoms with Gasteiger partial charge in [0.05, 0.1) is 6.33 Å². The Hall–Kier alpha value is -1.78. The van der Waals surface area contributed by atoms with Crippen LogP contribution in [-0.4, -0.2) is 26.9 Å². The van der Waals surface area contributed by atoms with Gasteiger partial charge in [-0.1, -0.05) is 13.8 Å². The Kier molecular flexibility index (Phi) is 4.31. The van der Waals surface area contributed by atoms with Crippen LogP contribution in [0.3, 0.4) is 0 Å². The second-order valence-corrected chi connectivity index (χ2v) is 3.86. The second kappa shape index (κ2) is 5.52. The number of carbonyl (C=O) groups excluding carboxylic acids is 3. The fraction of sp³-hybridized carbons (Fsp3) is 0.500. The highest BCUT2D eigenvalue weighted by atomic mass is 16.2. The van der Waals surface area contributed by atoms with E-state index in [1.807, 2.05) is 0 Å². The number of rotatable bonds is 6. The molecule has 1 heterocycles. The van der Waals surface area contributed by atoms with E-state index in [-0.39, 0.29) is 30.1 Å². The average molecular weight is 236 g/mol. The molecule has 92 valence electrons. The van der Waals surface area contributed by atoms with Crippen molar-refractivity contribution in [2.24, 2.45) is 13.0 Å². The van der Waals surface area contributed by atoms with Crippen molar-refractivity contribution in [2.75, 3.05) is 0 Å². The van der Waals surface area contributed by atoms with Crippen LogP contribution in [0, 0.1) is 5.92 Å². The van der Waals surface area contributed by atoms with Crippen LogP contribution < -0.4 is 0 Å². The highest BCUT2D eigenvalue weighted by molar-refractivity contribution is 6.23. The summed E-state index contributed by atoms with van der Waals surface area (Å²) in [5, 5.41) is 0. The van der Waals surface area contributed by atoms with E-state index >= 15 is 0 Å². The standard InChI is InChI=1S/C12H16N2O3/c1-4-9(15)11(10(16)5-2)12(17)8-6-14(3)7-13-8/h6-7,11H,4-5H2,1-3H3. The molecule has 0 fully saturated rings. The van der Waals surface area contributed by atoms with Gasteiger partial charge in [-0.3, -0.25) is 14.4 Å². The number of hydrogen-bond acceptors (Lipinski definition) is 4. The molecule has 1 aromatic heterocycles. The molecule has 0 N–H and O–H groups in total. The maximum atomic E-state index is 12.0. The Bertz CT molecular complexity index is 432. The smallest absolute Gasteiger partial charge is 0.200 e. The zero-order valence-electron chi connectivity index (χ0n) is 10.3. The summed E-state index contributed by atoms with van der Waals surface area (Å²) in [7, 11) is 1.72. The first-order valence-electron chi connectivity index (χ1n) is 5.58. The molecule has 0 saturated heterocycles. The fourth-order valence-electron chi connectivity index (χ4n) is 1.57. The summed E-state index contributed by atoms with van der Waals surface area (Å²) in [5.74, 6) is -2.36. The lowest BCUT2D eigenvalue weighted by Gasteiger charge is -2.10. The SMILES string of the molecule is CCC(=O)C(C(=O)CC)C(=O)c1cn(C)cn1. The Balaban J connectivity index is 3.02. The minimum atomic E-state index is -1.18. The van der Waals surface area contributed by atoms with E-state index in [4.69, 9.17) is 0 Å². The molecule has 0 aliphatic rings. The van der Waals surface area contributed by atoms with E-state index in [1.54, 1.807) is 25.5 Å². The van der Waals surface area contributed by atoms with Gasteiger partial charge in [0.25, 0.3) is 0 Å². The van der Waals surface area contributed by atoms with E-state index in [1.165, 1.54) is 12.5 Å². The molecule has 0 aliphatic carbocycles. The van der Waals surface area contributed by atoms with Crippen molar-refractivity contribution in [3.05, 3.63) is 18.2 Å². The van der Waals surface area contributed by atoms with Crippen LogP contribution in [0.5, 0.6) is 0 Å². The van der Waals surface area contributed by atoms with Crippen molar-refractivity contribution in [1.82, 2.24) is 9.55 Å². The normalized spacial score (nSPS) is 10.6. The van der Waals surface area contributed by atoms with Crippen LogP contribution in [0.4, 0.5) is 0 Å². The molecule has 0 aliphatic heterocycles. The molecule has 5 nitrogen and oxygen atoms in total. The van der Waals surface area contributed by atoms with Gasteiger partial charge < -0.3 is 4.57 Å². The number of hydrogen-bond donors (Lipinski definition) is 0. The first kappa shape index (κ1) is 13.3. The van der Waals surface area contributed by atoms with E-state index in [2.05, 4.69) is 4.98 Å². The summed E-state index contributed by atoms with van der Waals surface area (Å²) < 4.78 is 1.61. The molecule has 5 heteroatoms. The lowest BCUT2D eigenvalue weighted by atomic mass is 9.90. The van der Waals surface area contributed by atoms with Gasteiger partial charge in [0, 0.05) is 26.1 Å². The number of ketones is 3. The third kappa shape index (κ3) is 2.87. The summed E-state index contributed by atoms with van der Waals surface area (Å²) in [4.78, 5) is 39.2. The molecule has 17 heavy (non-hydrogen) atoms. The minimum Gasteiger partial charge on any atom is -0.340 e. The van der Waals surface area contributed by atoms with Gasteiger partial charge >= 0.3 is 0 Å². The van der Waals surface area contributed by atoms with Gasteiger partial charge in [0.1, 0.15) is 11.6 Å². The Morgan fingerprint density at radius 1 is 1.24 bits per heavy atom. The first-order chi connectivity index (χ1) is 8.01. The molecule has 0 saturated carbocycles. The molecule has 0 aromatic carbocycles. The minimum absolute atomic E-state index is 0.168. The van der Waals surface area contributed by atoms with Gasteiger partial charge in [-0.25, -0.2) is 4.98 Å². The predicted molar refractivity (Wildman–Crippen MR) is 61.6 cm³/mol. The summed E-state index contributed by atoms with van der Waals surface area (Å²) in [6, 6.07) is 0. The molecular formula is C12H16N2O3. The van der Waals surface area contributed by atoms with Crippen molar-refractivity contribution in [1.29, 1.82) is 0 Å². The highest BCUT2D eigenvalue weighted by Gasteiger charge is 2.32. The molecule has 0 bridgehead atoms. The molecule has 1 aromatic rings. The monoisotopic (exact) mass is 236 g/mol. The largest absolute Gasteiger partial charge is 0.340 e. The fourth-order valence-corrected chi connectivity index (χ4v) is 1.57. The van der Waals surface area contributed by atoms with E-state index < -0.39 is 11.7 Å². The highest BCUT2D eigenvalue weighted by Crippen LogP contribution is 2.13. The van der Waals surface area contributed by atoms with Crippen LogP contribution in [0.25, 0.3) is 0 Å². The van der Waals surface area contributed by atoms with Crippen molar-refractivity contribution in [3.8, 4) is 0 Å². The van der Waals surface area contributed by atoms with Crippen molar-refractivity contribution in [2.45, 2.75) is 26.7 Å². The van der Waals surface area contributed by atoms with Crippen LogP contribution in [-0.2, 0) is 16.6 Å². The topological polar surface area (TPSA) is 69.0 Å². The van der Waals surface area contributed by atoms with Crippen LogP contribution in [0.15, 0.2) is 12.5 Å². The third-order valence-electron chi connectivity index (χ3n) is 2.56. The van der Waals surface area contributed by atoms with Gasteiger partial charge in [-0.05, 0) is 0 Å². The summed E-state index contributed by atoms with van der Waals surface area (Å²) in [6.07, 6.45) is 3.34. The van der Waals surface area contributed by atoms with E-state index in [9.17, 15) is 14.4 Å². The predicted octanol–water partition coefficient (Wildman–Crippen LogP) is 1.18. The van der Waals surface area contributed by atoms with Crippen molar-refractivity contribution < 1.29 is 14.4 Å². The lowest BCUT2D eigenvalue weighted by Crippen LogP contribution is -2.31. The van der Waals surface area contributed by atoms with Gasteiger partial charge in [-0.15, -0.1) is 0 Å². The van der Waals surface area contributed by atoms with Gasteiger partial charge in [0.15, 0.2) is 11.6 Å². The first-order valence-corrected chi connectivity index (χ1v) is 5.58. The summed E-state index contributed by atoms with van der Waals surface area (Å²) in [5.41, 5.74) is 0.168. The van der Waals surface area contributed by atoms with E-state index in [0.29, 0.717) is 0 Å². The number of Topliss-reactive ketones (excluding diaryl/α,β-unsaturated/α-hetero) is 3. The lowest BCUT2D eigenvalue weighted by molar-refractivity contribution is -0.130. The number of aromatic nitrogens is 2. The quantitative estimate of drug-likeness (QED) is 0.549. The Morgan fingerprint density at radius 2 is 1.76 bits per heavy atom. The second-order valence-electron chi connectivity index (χ2n) is 3.86. The zero-order valence-corrected chi connectivity index (χ0v) is 10.3. The van der Waals surface area contributed by atoms with Crippen LogP contribution in [0.2, 0.25) is 0 Å². The maximum absolute atomic E-state index is 12.0. The zero-order chi connectivity index (χ0) is 13.0. The molecule has 0 unspecified atom stereocenters. The maximum Gasteiger partial charge on any atom is 0.200 e. The Morgan fingerprint density at radius 3 is 2.12 bits per heavy atom. The molecule has 0 spiro atoms. The van der Waals surface area contributed by atoms with E-state index in [0.717, 1.165) is 0 Å². The molecule has 0 radical (unpaired) electrons. The number of imidazole rings is 1. The molecular weight excluding hydrogens is 220 g/mol. The third-order valence-corrected chi connectivity index (χ3v) is 2.56. The summed E-state index contributed by atoms with van der Waals surface area (Å²) >= 11 is 0. The molecule has 0 atom stereocenters. The molecule has 0 amide bonds.